The Bertz CT molecular complexity index is 918. The van der Waals surface area contributed by atoms with Gasteiger partial charge in [0.05, 0.1) is 22.7 Å². The summed E-state index contributed by atoms with van der Waals surface area (Å²) in [5.74, 6) is -0.238. The van der Waals surface area contributed by atoms with Crippen LogP contribution in [0.2, 0.25) is 0 Å². The lowest BCUT2D eigenvalue weighted by Gasteiger charge is -2.06. The summed E-state index contributed by atoms with van der Waals surface area (Å²) in [5.41, 5.74) is 0.472. The number of hydrogen-bond acceptors (Lipinski definition) is 6. The van der Waals surface area contributed by atoms with Gasteiger partial charge in [-0.1, -0.05) is 12.1 Å². The number of aromatic nitrogens is 1. The Hall–Kier alpha value is -2.17. The molecule has 0 bridgehead atoms. The van der Waals surface area contributed by atoms with Gasteiger partial charge in [-0.25, -0.2) is 4.98 Å². The van der Waals surface area contributed by atoms with Crippen molar-refractivity contribution in [3.8, 4) is 10.6 Å². The number of amides is 1. The summed E-state index contributed by atoms with van der Waals surface area (Å²) in [4.78, 5) is 23.3. The maximum atomic E-state index is 12.7. The summed E-state index contributed by atoms with van der Waals surface area (Å²) < 4.78 is 38.0. The molecular formula is C18H17F3N4OS2. The number of amidine groups is 1. The van der Waals surface area contributed by atoms with Crippen molar-refractivity contribution in [3.05, 3.63) is 45.8 Å². The molecule has 5 nitrogen and oxygen atoms in total. The largest absolute Gasteiger partial charge is 0.416 e. The van der Waals surface area contributed by atoms with E-state index in [2.05, 4.69) is 15.3 Å². The van der Waals surface area contributed by atoms with E-state index in [0.717, 1.165) is 18.7 Å². The third-order valence-corrected chi connectivity index (χ3v) is 5.57. The summed E-state index contributed by atoms with van der Waals surface area (Å²) in [6, 6.07) is 4.85. The fourth-order valence-corrected chi connectivity index (χ4v) is 3.89. The first-order valence-corrected chi connectivity index (χ1v) is 9.95. The van der Waals surface area contributed by atoms with Crippen molar-refractivity contribution >= 4 is 40.2 Å². The molecule has 0 saturated carbocycles. The first-order valence-electron chi connectivity index (χ1n) is 8.25. The zero-order valence-corrected chi connectivity index (χ0v) is 16.7. The highest BCUT2D eigenvalue weighted by Gasteiger charge is 2.30. The van der Waals surface area contributed by atoms with E-state index in [1.807, 2.05) is 19.0 Å². The molecule has 0 unspecified atom stereocenters. The van der Waals surface area contributed by atoms with Crippen molar-refractivity contribution in [3.63, 3.8) is 0 Å². The standard InChI is InChI=1S/C18H17F3N4OS2/c1-25(2)8-7-22-17-24-15(26)14(28-17)9-13-10-27-16(23-13)11-3-5-12(6-4-11)18(19,20)21/h3-6,9-10H,7-8H2,1-2H3,(H,22,24,26)/b14-9+. The van der Waals surface area contributed by atoms with Crippen LogP contribution < -0.4 is 5.32 Å². The van der Waals surface area contributed by atoms with Crippen molar-refractivity contribution < 1.29 is 18.0 Å². The van der Waals surface area contributed by atoms with Gasteiger partial charge in [0.1, 0.15) is 5.01 Å². The van der Waals surface area contributed by atoms with Crippen molar-refractivity contribution in [2.75, 3.05) is 27.2 Å². The Labute approximate surface area is 168 Å². The van der Waals surface area contributed by atoms with Crippen LogP contribution in [-0.2, 0) is 11.0 Å². The van der Waals surface area contributed by atoms with Crippen LogP contribution in [-0.4, -0.2) is 48.1 Å². The van der Waals surface area contributed by atoms with Crippen LogP contribution in [0.3, 0.4) is 0 Å². The number of carbonyl (C=O) groups excluding carboxylic acids is 1. The molecule has 1 aromatic carbocycles. The highest BCUT2D eigenvalue weighted by Crippen LogP contribution is 2.32. The lowest BCUT2D eigenvalue weighted by atomic mass is 10.1. The minimum atomic E-state index is -4.37. The van der Waals surface area contributed by atoms with Crippen molar-refractivity contribution in [1.82, 2.24) is 15.2 Å². The van der Waals surface area contributed by atoms with Crippen molar-refractivity contribution in [2.45, 2.75) is 6.18 Å². The minimum Gasteiger partial charge on any atom is -0.308 e. The fourth-order valence-electron chi connectivity index (χ4n) is 2.27. The highest BCUT2D eigenvalue weighted by molar-refractivity contribution is 8.18. The molecule has 1 aliphatic rings. The van der Waals surface area contributed by atoms with Gasteiger partial charge in [0.25, 0.3) is 5.91 Å². The zero-order valence-electron chi connectivity index (χ0n) is 15.1. The van der Waals surface area contributed by atoms with E-state index in [9.17, 15) is 18.0 Å². The molecule has 0 spiro atoms. The van der Waals surface area contributed by atoms with Gasteiger partial charge in [-0.15, -0.1) is 11.3 Å². The topological polar surface area (TPSA) is 57.6 Å². The molecular weight excluding hydrogens is 409 g/mol. The number of nitrogens with one attached hydrogen (secondary N) is 1. The maximum Gasteiger partial charge on any atom is 0.416 e. The van der Waals surface area contributed by atoms with Gasteiger partial charge in [0, 0.05) is 17.5 Å². The molecule has 3 rings (SSSR count). The van der Waals surface area contributed by atoms with Crippen LogP contribution >= 0.6 is 23.1 Å². The summed E-state index contributed by atoms with van der Waals surface area (Å²) in [7, 11) is 3.89. The second kappa shape index (κ2) is 8.46. The number of benzene rings is 1. The van der Waals surface area contributed by atoms with Crippen molar-refractivity contribution in [2.24, 2.45) is 4.99 Å². The summed E-state index contributed by atoms with van der Waals surface area (Å²) in [6.07, 6.45) is -2.71. The Balaban J connectivity index is 1.71. The number of hydrogen-bond donors (Lipinski definition) is 1. The van der Waals surface area contributed by atoms with E-state index in [1.165, 1.54) is 35.2 Å². The predicted molar refractivity (Wildman–Crippen MR) is 107 cm³/mol. The van der Waals surface area contributed by atoms with Crippen LogP contribution in [0.4, 0.5) is 13.2 Å². The van der Waals surface area contributed by atoms with E-state index in [0.29, 0.717) is 32.9 Å². The monoisotopic (exact) mass is 426 g/mol. The molecule has 0 radical (unpaired) electrons. The third kappa shape index (κ3) is 5.21. The van der Waals surface area contributed by atoms with E-state index < -0.39 is 11.7 Å². The van der Waals surface area contributed by atoms with Crippen LogP contribution in [0.1, 0.15) is 11.3 Å². The summed E-state index contributed by atoms with van der Waals surface area (Å²) in [5, 5.41) is 5.61. The first kappa shape index (κ1) is 20.6. The number of halogens is 3. The Morgan fingerprint density at radius 3 is 2.61 bits per heavy atom. The van der Waals surface area contributed by atoms with Gasteiger partial charge in [-0.3, -0.25) is 9.79 Å². The molecule has 148 valence electrons. The van der Waals surface area contributed by atoms with Gasteiger partial charge in [0.15, 0.2) is 5.17 Å². The Morgan fingerprint density at radius 2 is 1.96 bits per heavy atom. The second-order valence-corrected chi connectivity index (χ2v) is 8.10. The summed E-state index contributed by atoms with van der Waals surface area (Å²) in [6.45, 7) is 1.36. The number of carbonyl (C=O) groups is 1. The van der Waals surface area contributed by atoms with E-state index in [4.69, 9.17) is 0 Å². The number of rotatable bonds is 5. The molecule has 1 N–H and O–H groups in total. The molecule has 28 heavy (non-hydrogen) atoms. The van der Waals surface area contributed by atoms with Gasteiger partial charge in [0.2, 0.25) is 0 Å². The van der Waals surface area contributed by atoms with Gasteiger partial charge < -0.3 is 10.2 Å². The molecule has 2 heterocycles. The molecule has 0 atom stereocenters. The minimum absolute atomic E-state index is 0.238. The number of thioether (sulfide) groups is 1. The van der Waals surface area contributed by atoms with Crippen molar-refractivity contribution in [1.29, 1.82) is 0 Å². The summed E-state index contributed by atoms with van der Waals surface area (Å²) >= 11 is 2.55. The molecule has 1 amide bonds. The smallest absolute Gasteiger partial charge is 0.308 e. The predicted octanol–water partition coefficient (Wildman–Crippen LogP) is 3.95. The highest BCUT2D eigenvalue weighted by atomic mass is 32.2. The number of nitrogens with zero attached hydrogens (tertiary/aromatic N) is 3. The van der Waals surface area contributed by atoms with Crippen LogP contribution in [0, 0.1) is 0 Å². The zero-order chi connectivity index (χ0) is 20.3. The number of likely N-dealkylation sites (N-methyl/N-ethyl adjacent to an activating group) is 1. The van der Waals surface area contributed by atoms with E-state index >= 15 is 0 Å². The molecule has 1 aromatic heterocycles. The maximum absolute atomic E-state index is 12.7. The van der Waals surface area contributed by atoms with Crippen LogP contribution in [0.15, 0.2) is 39.5 Å². The molecule has 10 heteroatoms. The first-order chi connectivity index (χ1) is 13.2. The average Bonchev–Trinajstić information content (AvgIpc) is 3.21. The van der Waals surface area contributed by atoms with Gasteiger partial charge in [-0.05, 0) is 44.1 Å². The Morgan fingerprint density at radius 1 is 1.25 bits per heavy atom. The number of alkyl halides is 3. The van der Waals surface area contributed by atoms with Gasteiger partial charge in [-0.2, -0.15) is 13.2 Å². The third-order valence-electron chi connectivity index (χ3n) is 3.71. The van der Waals surface area contributed by atoms with E-state index in [1.54, 1.807) is 11.5 Å². The second-order valence-electron chi connectivity index (χ2n) is 6.21. The van der Waals surface area contributed by atoms with Gasteiger partial charge >= 0.3 is 6.18 Å². The fraction of sp³-hybridized carbons (Fsp3) is 0.278. The quantitative estimate of drug-likeness (QED) is 0.736. The van der Waals surface area contributed by atoms with Crippen LogP contribution in [0.5, 0.6) is 0 Å². The SMILES string of the molecule is CN(C)CCN=C1NC(=O)/C(=C\c2csc(-c3ccc(C(F)(F)F)cc3)n2)S1. The van der Waals surface area contributed by atoms with E-state index in [-0.39, 0.29) is 5.91 Å². The Kier molecular flexibility index (Phi) is 6.21. The average molecular weight is 426 g/mol. The number of aliphatic imine (C=N–C) groups is 1. The molecule has 0 aliphatic carbocycles. The normalized spacial score (nSPS) is 17.7. The molecule has 1 saturated heterocycles. The molecule has 1 aliphatic heterocycles. The van der Waals surface area contributed by atoms with Crippen LogP contribution in [0.25, 0.3) is 16.6 Å². The number of thiazole rings is 1. The molecule has 2 aromatic rings. The lowest BCUT2D eigenvalue weighted by Crippen LogP contribution is -2.21. The lowest BCUT2D eigenvalue weighted by molar-refractivity contribution is -0.137. The molecule has 1 fully saturated rings.